The Labute approximate surface area is 282 Å². The van der Waals surface area contributed by atoms with E-state index < -0.39 is 10.8 Å². The number of likely N-dealkylation sites (tertiary alicyclic amines) is 1. The van der Waals surface area contributed by atoms with Gasteiger partial charge in [-0.05, 0) is 68.9 Å². The summed E-state index contributed by atoms with van der Waals surface area (Å²) in [7, 11) is 2.16. The van der Waals surface area contributed by atoms with Gasteiger partial charge in [-0.15, -0.1) is 11.8 Å². The summed E-state index contributed by atoms with van der Waals surface area (Å²) in [5.74, 6) is -0.148. The average Bonchev–Trinajstić information content (AvgIpc) is 3.55. The fourth-order valence-electron chi connectivity index (χ4n) is 6.44. The summed E-state index contributed by atoms with van der Waals surface area (Å²) < 4.78 is -0.117. The fourth-order valence-corrected chi connectivity index (χ4v) is 8.29. The highest BCUT2D eigenvalue weighted by Crippen LogP contribution is 2.54. The van der Waals surface area contributed by atoms with Crippen LogP contribution < -0.4 is 5.32 Å². The molecule has 2 N–H and O–H groups in total. The van der Waals surface area contributed by atoms with E-state index in [-0.39, 0.29) is 18.2 Å². The van der Waals surface area contributed by atoms with Crippen molar-refractivity contribution < 1.29 is 9.59 Å². The van der Waals surface area contributed by atoms with Gasteiger partial charge in [-0.3, -0.25) is 9.59 Å². The van der Waals surface area contributed by atoms with Gasteiger partial charge >= 0.3 is 0 Å². The SMILES string of the molecule is Cc1ccc(S[C@@]2(C(=O)NCCCN3CCN(C)CC3)CC(=O)N(Cc3ccc(Br)cc3)[C@H]2c2c[nH]c3cc(Cl)ccc23)cc1. The summed E-state index contributed by atoms with van der Waals surface area (Å²) in [6.45, 7) is 8.16. The lowest BCUT2D eigenvalue weighted by atomic mass is 9.91. The normalized spacial score (nSPS) is 21.1. The van der Waals surface area contributed by atoms with Crippen molar-refractivity contribution >= 4 is 62.0 Å². The molecule has 3 aromatic carbocycles. The molecule has 45 heavy (non-hydrogen) atoms. The van der Waals surface area contributed by atoms with Gasteiger partial charge in [0.15, 0.2) is 0 Å². The number of nitrogens with zero attached hydrogens (tertiary/aromatic N) is 3. The molecule has 0 radical (unpaired) electrons. The first-order valence-electron chi connectivity index (χ1n) is 15.5. The number of halogens is 2. The highest BCUT2D eigenvalue weighted by Gasteiger charge is 2.58. The number of hydrogen-bond donors (Lipinski definition) is 2. The number of rotatable bonds is 10. The molecule has 10 heteroatoms. The second-order valence-electron chi connectivity index (χ2n) is 12.2. The van der Waals surface area contributed by atoms with Crippen LogP contribution in [-0.2, 0) is 16.1 Å². The molecule has 0 aliphatic carbocycles. The highest BCUT2D eigenvalue weighted by molar-refractivity contribution is 9.10. The first-order chi connectivity index (χ1) is 21.7. The quantitative estimate of drug-likeness (QED) is 0.181. The molecule has 2 fully saturated rings. The molecule has 2 aliphatic heterocycles. The Balaban J connectivity index is 1.36. The van der Waals surface area contributed by atoms with E-state index in [0.717, 1.165) is 76.1 Å². The largest absolute Gasteiger partial charge is 0.361 e. The van der Waals surface area contributed by atoms with E-state index >= 15 is 0 Å². The summed E-state index contributed by atoms with van der Waals surface area (Å²) in [5, 5.41) is 4.88. The summed E-state index contributed by atoms with van der Waals surface area (Å²) in [4.78, 5) is 39.8. The monoisotopic (exact) mass is 707 g/mol. The van der Waals surface area contributed by atoms with E-state index in [4.69, 9.17) is 11.6 Å². The standard InChI is InChI=1S/C35H39BrClN5O2S/c1-24-4-11-28(12-5-24)45-35(34(44)38-14-3-15-41-18-16-40(2)17-19-41)21-32(43)42(23-25-6-8-26(36)9-7-25)33(35)30-22-39-31-20-27(37)10-13-29(30)31/h4-13,20,22,33,39H,3,14-19,21,23H2,1-2H3,(H,38,44)/t33-,35-/m0/s1. The number of hydrogen-bond acceptors (Lipinski definition) is 5. The maximum atomic E-state index is 14.6. The van der Waals surface area contributed by atoms with Crippen LogP contribution in [-0.4, -0.2) is 82.6 Å². The van der Waals surface area contributed by atoms with Crippen molar-refractivity contribution in [3.05, 3.63) is 99.1 Å². The van der Waals surface area contributed by atoms with Crippen LogP contribution >= 0.6 is 39.3 Å². The number of carbonyl (C=O) groups is 2. The predicted molar refractivity (Wildman–Crippen MR) is 187 cm³/mol. The summed E-state index contributed by atoms with van der Waals surface area (Å²) in [6.07, 6.45) is 2.90. The number of aryl methyl sites for hydroxylation is 1. The van der Waals surface area contributed by atoms with Crippen LogP contribution in [0.25, 0.3) is 10.9 Å². The smallest absolute Gasteiger partial charge is 0.239 e. The Kier molecular flexibility index (Phi) is 9.92. The lowest BCUT2D eigenvalue weighted by molar-refractivity contribution is -0.129. The summed E-state index contributed by atoms with van der Waals surface area (Å²) in [6, 6.07) is 21.5. The number of aromatic amines is 1. The van der Waals surface area contributed by atoms with Crippen molar-refractivity contribution in [1.29, 1.82) is 0 Å². The van der Waals surface area contributed by atoms with Gasteiger partial charge in [-0.1, -0.05) is 63.4 Å². The third-order valence-electron chi connectivity index (χ3n) is 8.96. The number of fused-ring (bicyclic) bond motifs is 1. The molecule has 0 unspecified atom stereocenters. The lowest BCUT2D eigenvalue weighted by Gasteiger charge is -2.36. The molecule has 2 aliphatic rings. The zero-order valence-electron chi connectivity index (χ0n) is 25.7. The number of thioether (sulfide) groups is 1. The topological polar surface area (TPSA) is 71.7 Å². The molecule has 2 saturated heterocycles. The van der Waals surface area contributed by atoms with Gasteiger partial charge in [0.2, 0.25) is 11.8 Å². The number of H-pyrrole nitrogens is 1. The van der Waals surface area contributed by atoms with E-state index in [0.29, 0.717) is 18.1 Å². The Morgan fingerprint density at radius 3 is 2.53 bits per heavy atom. The average molecular weight is 709 g/mol. The van der Waals surface area contributed by atoms with Crippen LogP contribution in [0.15, 0.2) is 82.3 Å². The molecule has 0 saturated carbocycles. The molecule has 2 amide bonds. The Morgan fingerprint density at radius 1 is 1.07 bits per heavy atom. The predicted octanol–water partition coefficient (Wildman–Crippen LogP) is 6.65. The summed E-state index contributed by atoms with van der Waals surface area (Å²) >= 11 is 11.4. The number of likely N-dealkylation sites (N-methyl/N-ethyl adjacent to an activating group) is 1. The zero-order valence-corrected chi connectivity index (χ0v) is 28.9. The van der Waals surface area contributed by atoms with Crippen LogP contribution in [0.5, 0.6) is 0 Å². The number of amides is 2. The van der Waals surface area contributed by atoms with Gasteiger partial charge in [0.1, 0.15) is 4.75 Å². The van der Waals surface area contributed by atoms with Crippen molar-refractivity contribution in [2.75, 3.05) is 46.3 Å². The van der Waals surface area contributed by atoms with Gasteiger partial charge in [0, 0.05) is 76.3 Å². The molecule has 1 aromatic heterocycles. The van der Waals surface area contributed by atoms with Gasteiger partial charge < -0.3 is 25.0 Å². The van der Waals surface area contributed by atoms with Gasteiger partial charge in [-0.25, -0.2) is 0 Å². The highest BCUT2D eigenvalue weighted by atomic mass is 79.9. The zero-order chi connectivity index (χ0) is 31.6. The van der Waals surface area contributed by atoms with E-state index in [1.165, 1.54) is 11.8 Å². The first-order valence-corrected chi connectivity index (χ1v) is 17.5. The van der Waals surface area contributed by atoms with Gasteiger partial charge in [0.05, 0.1) is 12.5 Å². The lowest BCUT2D eigenvalue weighted by Crippen LogP contribution is -2.49. The molecule has 7 nitrogen and oxygen atoms in total. The summed E-state index contributed by atoms with van der Waals surface area (Å²) in [5.41, 5.74) is 3.94. The fraction of sp³-hybridized carbons (Fsp3) is 0.371. The number of aromatic nitrogens is 1. The molecule has 236 valence electrons. The molecule has 0 bridgehead atoms. The minimum absolute atomic E-state index is 0.0431. The van der Waals surface area contributed by atoms with E-state index in [1.807, 2.05) is 53.6 Å². The molecule has 3 heterocycles. The number of nitrogens with one attached hydrogen (secondary N) is 2. The maximum Gasteiger partial charge on any atom is 0.239 e. The second kappa shape index (κ2) is 13.9. The van der Waals surface area contributed by atoms with E-state index in [1.54, 1.807) is 0 Å². The van der Waals surface area contributed by atoms with Crippen LogP contribution in [0.4, 0.5) is 0 Å². The number of piperazine rings is 1. The number of carbonyl (C=O) groups excluding carboxylic acids is 2. The maximum absolute atomic E-state index is 14.6. The van der Waals surface area contributed by atoms with Crippen LogP contribution in [0.1, 0.15) is 35.6 Å². The van der Waals surface area contributed by atoms with Gasteiger partial charge in [0.25, 0.3) is 0 Å². The van der Waals surface area contributed by atoms with E-state index in [9.17, 15) is 9.59 Å². The molecule has 4 aromatic rings. The molecular weight excluding hydrogens is 670 g/mol. The van der Waals surface area contributed by atoms with Crippen molar-refractivity contribution in [3.8, 4) is 0 Å². The Morgan fingerprint density at radius 2 is 1.80 bits per heavy atom. The van der Waals surface area contributed by atoms with Crippen LogP contribution in [0.3, 0.4) is 0 Å². The van der Waals surface area contributed by atoms with Crippen molar-refractivity contribution in [1.82, 2.24) is 25.0 Å². The first kappa shape index (κ1) is 32.1. The number of benzene rings is 3. The second-order valence-corrected chi connectivity index (χ2v) is 15.0. The Bertz CT molecular complexity index is 1660. The van der Waals surface area contributed by atoms with Crippen molar-refractivity contribution in [2.45, 2.75) is 42.0 Å². The van der Waals surface area contributed by atoms with E-state index in [2.05, 4.69) is 74.3 Å². The van der Waals surface area contributed by atoms with Crippen LogP contribution in [0.2, 0.25) is 5.02 Å². The minimum Gasteiger partial charge on any atom is -0.361 e. The Hall–Kier alpha value is -2.82. The third-order valence-corrected chi connectivity index (χ3v) is 11.2. The minimum atomic E-state index is -1.09. The van der Waals surface area contributed by atoms with Crippen molar-refractivity contribution in [2.24, 2.45) is 0 Å². The molecule has 2 atom stereocenters. The third kappa shape index (κ3) is 7.13. The molecule has 0 spiro atoms. The van der Waals surface area contributed by atoms with Crippen LogP contribution in [0, 0.1) is 6.92 Å². The van der Waals surface area contributed by atoms with Gasteiger partial charge in [-0.2, -0.15) is 0 Å². The molecular formula is C35H39BrClN5O2S. The van der Waals surface area contributed by atoms with Crippen molar-refractivity contribution in [3.63, 3.8) is 0 Å². The molecule has 6 rings (SSSR count).